The van der Waals surface area contributed by atoms with Crippen LogP contribution in [-0.2, 0) is 9.59 Å². The maximum atomic E-state index is 12.4. The first-order valence-electron chi connectivity index (χ1n) is 7.17. The number of carboxylic acid groups (broad SMARTS) is 1. The summed E-state index contributed by atoms with van der Waals surface area (Å²) in [6, 6.07) is -0.517. The van der Waals surface area contributed by atoms with E-state index in [1.54, 1.807) is 0 Å². The van der Waals surface area contributed by atoms with Crippen LogP contribution in [0.4, 0.5) is 0 Å². The molecule has 0 aromatic rings. The van der Waals surface area contributed by atoms with Crippen molar-refractivity contribution < 1.29 is 14.7 Å². The van der Waals surface area contributed by atoms with Gasteiger partial charge in [-0.25, -0.2) is 0 Å². The number of carbonyl (C=O) groups excluding carboxylic acids is 1. The third-order valence-corrected chi connectivity index (χ3v) is 4.64. The van der Waals surface area contributed by atoms with Crippen LogP contribution in [0.1, 0.15) is 38.5 Å². The number of aliphatic carboxylic acids is 1. The quantitative estimate of drug-likeness (QED) is 0.745. The average molecular weight is 298 g/mol. The van der Waals surface area contributed by atoms with Gasteiger partial charge >= 0.3 is 5.97 Å². The highest BCUT2D eigenvalue weighted by Crippen LogP contribution is 2.34. The summed E-state index contributed by atoms with van der Waals surface area (Å²) in [6.07, 6.45) is 8.76. The van der Waals surface area contributed by atoms with E-state index in [9.17, 15) is 9.59 Å². The first-order valence-corrected chi connectivity index (χ1v) is 8.32. The molecule has 0 heterocycles. The summed E-state index contributed by atoms with van der Waals surface area (Å²) in [5.41, 5.74) is 6.61. The molecule has 20 heavy (non-hydrogen) atoms. The number of amides is 1. The summed E-state index contributed by atoms with van der Waals surface area (Å²) in [5.74, 6) is -0.324. The topological polar surface area (TPSA) is 83.6 Å². The predicted octanol–water partition coefficient (Wildman–Crippen LogP) is 1.58. The molecule has 0 aromatic carbocycles. The van der Waals surface area contributed by atoms with Crippen LogP contribution in [0.5, 0.6) is 0 Å². The minimum atomic E-state index is -1.01. The van der Waals surface area contributed by atoms with Crippen LogP contribution < -0.4 is 5.73 Å². The Morgan fingerprint density at radius 1 is 1.45 bits per heavy atom. The Kier molecular flexibility index (Phi) is 5.48. The monoisotopic (exact) mass is 298 g/mol. The Balaban J connectivity index is 1.85. The summed E-state index contributed by atoms with van der Waals surface area (Å²) in [4.78, 5) is 24.9. The fraction of sp³-hybridized carbons (Fsp3) is 0.714. The molecular formula is C14H22N2O3S. The zero-order valence-electron chi connectivity index (χ0n) is 11.6. The Hall–Kier alpha value is -1.01. The van der Waals surface area contributed by atoms with Crippen molar-refractivity contribution in [3.05, 3.63) is 11.8 Å². The minimum absolute atomic E-state index is 0.100. The minimum Gasteiger partial charge on any atom is -0.480 e. The lowest BCUT2D eigenvalue weighted by molar-refractivity contribution is -0.138. The van der Waals surface area contributed by atoms with Gasteiger partial charge in [0.2, 0.25) is 5.91 Å². The summed E-state index contributed by atoms with van der Waals surface area (Å²) in [5, 5.41) is 8.72. The predicted molar refractivity (Wildman–Crippen MR) is 79.4 cm³/mol. The molecule has 5 nitrogen and oxygen atoms in total. The number of allylic oxidation sites excluding steroid dienone is 2. The molecule has 1 amide bonds. The second-order valence-corrected chi connectivity index (χ2v) is 6.43. The highest BCUT2D eigenvalue weighted by atomic mass is 32.2. The second-order valence-electron chi connectivity index (χ2n) is 5.40. The van der Waals surface area contributed by atoms with E-state index in [4.69, 9.17) is 10.8 Å². The largest absolute Gasteiger partial charge is 0.480 e. The maximum Gasteiger partial charge on any atom is 0.321 e. The van der Waals surface area contributed by atoms with Crippen molar-refractivity contribution in [1.29, 1.82) is 0 Å². The van der Waals surface area contributed by atoms with E-state index in [0.29, 0.717) is 11.8 Å². The molecule has 0 aromatic heterocycles. The first-order chi connectivity index (χ1) is 9.59. The van der Waals surface area contributed by atoms with E-state index in [1.807, 2.05) is 4.90 Å². The van der Waals surface area contributed by atoms with Gasteiger partial charge in [-0.05, 0) is 38.5 Å². The normalized spacial score (nSPS) is 20.1. The van der Waals surface area contributed by atoms with Crippen LogP contribution in [0.2, 0.25) is 0 Å². The molecule has 3 N–H and O–H groups in total. The Morgan fingerprint density at radius 3 is 2.75 bits per heavy atom. The molecule has 1 unspecified atom stereocenters. The standard InChI is InChI=1S/C14H22N2O3S/c15-12(14(18)19)8-20-9-13(17)16(11-6-7-11)10-4-2-1-3-5-10/h4,11-12H,1-3,5-9,15H2,(H,18,19). The lowest BCUT2D eigenvalue weighted by Crippen LogP contribution is -2.36. The number of nitrogens with two attached hydrogens (primary N) is 1. The third-order valence-electron chi connectivity index (χ3n) is 3.60. The zero-order valence-corrected chi connectivity index (χ0v) is 12.4. The number of carbonyl (C=O) groups is 2. The van der Waals surface area contributed by atoms with Crippen molar-refractivity contribution >= 4 is 23.6 Å². The summed E-state index contributed by atoms with van der Waals surface area (Å²) < 4.78 is 0. The van der Waals surface area contributed by atoms with Crippen LogP contribution in [-0.4, -0.2) is 45.5 Å². The lowest BCUT2D eigenvalue weighted by atomic mass is 10.0. The van der Waals surface area contributed by atoms with Crippen LogP contribution in [0.15, 0.2) is 11.8 Å². The number of hydrogen-bond acceptors (Lipinski definition) is 4. The average Bonchev–Trinajstić information content (AvgIpc) is 3.24. The molecule has 2 aliphatic rings. The fourth-order valence-corrected chi connectivity index (χ4v) is 3.21. The van der Waals surface area contributed by atoms with Crippen molar-refractivity contribution in [2.75, 3.05) is 11.5 Å². The van der Waals surface area contributed by atoms with E-state index in [2.05, 4.69) is 6.08 Å². The summed E-state index contributed by atoms with van der Waals surface area (Å²) >= 11 is 1.31. The molecule has 0 bridgehead atoms. The second kappa shape index (κ2) is 7.13. The third kappa shape index (κ3) is 4.24. The van der Waals surface area contributed by atoms with Crippen molar-refractivity contribution in [2.45, 2.75) is 50.6 Å². The van der Waals surface area contributed by atoms with E-state index in [1.165, 1.54) is 23.9 Å². The lowest BCUT2D eigenvalue weighted by Gasteiger charge is -2.27. The zero-order chi connectivity index (χ0) is 14.5. The van der Waals surface area contributed by atoms with Crippen LogP contribution in [0.3, 0.4) is 0 Å². The fourth-order valence-electron chi connectivity index (χ4n) is 2.39. The van der Waals surface area contributed by atoms with E-state index >= 15 is 0 Å². The van der Waals surface area contributed by atoms with Gasteiger partial charge in [-0.2, -0.15) is 0 Å². The molecule has 0 spiro atoms. The molecule has 2 aliphatic carbocycles. The molecule has 1 atom stereocenters. The molecule has 6 heteroatoms. The molecule has 1 saturated carbocycles. The van der Waals surface area contributed by atoms with Crippen molar-refractivity contribution in [1.82, 2.24) is 4.90 Å². The molecule has 112 valence electrons. The maximum absolute atomic E-state index is 12.4. The molecular weight excluding hydrogens is 276 g/mol. The highest BCUT2D eigenvalue weighted by molar-refractivity contribution is 8.00. The number of rotatable bonds is 7. The van der Waals surface area contributed by atoms with Gasteiger partial charge in [-0.15, -0.1) is 11.8 Å². The Labute approximate surface area is 123 Å². The van der Waals surface area contributed by atoms with Crippen LogP contribution >= 0.6 is 11.8 Å². The van der Waals surface area contributed by atoms with Gasteiger partial charge < -0.3 is 15.7 Å². The number of hydrogen-bond donors (Lipinski definition) is 2. The number of thioether (sulfide) groups is 1. The van der Waals surface area contributed by atoms with Gasteiger partial charge in [0.1, 0.15) is 6.04 Å². The van der Waals surface area contributed by atoms with Crippen LogP contribution in [0.25, 0.3) is 0 Å². The molecule has 1 fully saturated rings. The van der Waals surface area contributed by atoms with Gasteiger partial charge in [-0.1, -0.05) is 6.08 Å². The van der Waals surface area contributed by atoms with E-state index in [-0.39, 0.29) is 11.7 Å². The van der Waals surface area contributed by atoms with Crippen molar-refractivity contribution in [3.8, 4) is 0 Å². The highest BCUT2D eigenvalue weighted by Gasteiger charge is 2.34. The van der Waals surface area contributed by atoms with Gasteiger partial charge in [0.05, 0.1) is 5.75 Å². The Morgan fingerprint density at radius 2 is 2.20 bits per heavy atom. The number of nitrogens with zero attached hydrogens (tertiary/aromatic N) is 1. The molecule has 2 rings (SSSR count). The van der Waals surface area contributed by atoms with Gasteiger partial charge in [0, 0.05) is 17.5 Å². The smallest absolute Gasteiger partial charge is 0.321 e. The van der Waals surface area contributed by atoms with Crippen molar-refractivity contribution in [3.63, 3.8) is 0 Å². The van der Waals surface area contributed by atoms with Gasteiger partial charge in [0.25, 0.3) is 0 Å². The van der Waals surface area contributed by atoms with Gasteiger partial charge in [0.15, 0.2) is 0 Å². The van der Waals surface area contributed by atoms with Crippen molar-refractivity contribution in [2.24, 2.45) is 5.73 Å². The SMILES string of the molecule is NC(CSCC(=O)N(C1=CCCCC1)C1CC1)C(=O)O. The van der Waals surface area contributed by atoms with Gasteiger partial charge in [-0.3, -0.25) is 9.59 Å². The summed E-state index contributed by atoms with van der Waals surface area (Å²) in [6.45, 7) is 0. The first kappa shape index (κ1) is 15.4. The summed E-state index contributed by atoms with van der Waals surface area (Å²) in [7, 11) is 0. The number of carboxylic acids is 1. The molecule has 0 saturated heterocycles. The van der Waals surface area contributed by atoms with E-state index in [0.717, 1.165) is 32.1 Å². The van der Waals surface area contributed by atoms with E-state index < -0.39 is 12.0 Å². The molecule has 0 aliphatic heterocycles. The molecule has 0 radical (unpaired) electrons. The Bertz CT molecular complexity index is 407. The van der Waals surface area contributed by atoms with Crippen LogP contribution in [0, 0.1) is 0 Å².